The molecule has 0 aliphatic heterocycles. The van der Waals surface area contributed by atoms with Crippen molar-refractivity contribution in [3.8, 4) is 5.75 Å². The molecule has 0 saturated carbocycles. The van der Waals surface area contributed by atoms with E-state index < -0.39 is 11.6 Å². The molecule has 0 aromatic heterocycles. The zero-order valence-corrected chi connectivity index (χ0v) is 14.1. The minimum absolute atomic E-state index is 0.00879. The first kappa shape index (κ1) is 16.6. The van der Waals surface area contributed by atoms with E-state index in [-0.39, 0.29) is 16.8 Å². The number of rotatable bonds is 3. The smallest absolute Gasteiger partial charge is 0.171 e. The Morgan fingerprint density at radius 2 is 1.96 bits per heavy atom. The maximum atomic E-state index is 13.7. The number of thiocarbonyl (C=S) groups is 1. The second-order valence-corrected chi connectivity index (χ2v) is 6.11. The summed E-state index contributed by atoms with van der Waals surface area (Å²) >= 11 is 5.23. The molecule has 0 bridgehead atoms. The third-order valence-corrected chi connectivity index (χ3v) is 4.39. The number of ether oxygens (including phenoxy) is 1. The van der Waals surface area contributed by atoms with Crippen LogP contribution in [0.5, 0.6) is 5.75 Å². The first-order valence-corrected chi connectivity index (χ1v) is 8.17. The van der Waals surface area contributed by atoms with Crippen molar-refractivity contribution in [1.82, 2.24) is 5.32 Å². The Labute approximate surface area is 145 Å². The quantitative estimate of drug-likeness (QED) is 0.809. The number of fused-ring (bicyclic) bond motifs is 1. The number of halogens is 2. The number of hydrogen-bond acceptors (Lipinski definition) is 2. The molecule has 0 fully saturated rings. The molecule has 0 unspecified atom stereocenters. The predicted molar refractivity (Wildman–Crippen MR) is 94.4 cm³/mol. The number of benzene rings is 2. The van der Waals surface area contributed by atoms with E-state index in [1.165, 1.54) is 23.8 Å². The average molecular weight is 348 g/mol. The second kappa shape index (κ2) is 7.13. The summed E-state index contributed by atoms with van der Waals surface area (Å²) in [4.78, 5) is 0. The van der Waals surface area contributed by atoms with Crippen molar-refractivity contribution in [2.75, 3.05) is 12.4 Å². The Morgan fingerprint density at radius 3 is 2.67 bits per heavy atom. The zero-order valence-electron chi connectivity index (χ0n) is 13.2. The fourth-order valence-electron chi connectivity index (χ4n) is 2.99. The molecular weight excluding hydrogens is 330 g/mol. The van der Waals surface area contributed by atoms with E-state index in [9.17, 15) is 8.78 Å². The summed E-state index contributed by atoms with van der Waals surface area (Å²) in [6.07, 6.45) is 2.89. The highest BCUT2D eigenvalue weighted by Gasteiger charge is 2.22. The summed E-state index contributed by atoms with van der Waals surface area (Å²) in [6, 6.07) is 9.65. The van der Waals surface area contributed by atoms with E-state index in [4.69, 9.17) is 17.0 Å². The van der Waals surface area contributed by atoms with Gasteiger partial charge in [0.1, 0.15) is 23.1 Å². The molecule has 2 aromatic rings. The molecule has 1 atom stereocenters. The standard InChI is InChI=1S/C18H18F2N2OS/c1-23-12-8-9-13-11(10-12)4-2-7-16(13)21-18(24)22-17-14(19)5-3-6-15(17)20/h3,5-6,8-10,16H,2,4,7H2,1H3,(H2,21,22,24)/t16-/m1/s1. The minimum Gasteiger partial charge on any atom is -0.497 e. The summed E-state index contributed by atoms with van der Waals surface area (Å²) in [5.41, 5.74) is 2.11. The van der Waals surface area contributed by atoms with Crippen LogP contribution >= 0.6 is 12.2 Å². The first-order chi connectivity index (χ1) is 11.6. The van der Waals surface area contributed by atoms with Crippen LogP contribution in [0.4, 0.5) is 14.5 Å². The number of para-hydroxylation sites is 1. The van der Waals surface area contributed by atoms with E-state index in [1.54, 1.807) is 7.11 Å². The van der Waals surface area contributed by atoms with Gasteiger partial charge in [-0.15, -0.1) is 0 Å². The summed E-state index contributed by atoms with van der Waals surface area (Å²) < 4.78 is 32.7. The number of anilines is 1. The summed E-state index contributed by atoms with van der Waals surface area (Å²) in [5, 5.41) is 5.99. The Morgan fingerprint density at radius 1 is 1.21 bits per heavy atom. The highest BCUT2D eigenvalue weighted by Crippen LogP contribution is 2.32. The van der Waals surface area contributed by atoms with Gasteiger partial charge in [0, 0.05) is 0 Å². The van der Waals surface area contributed by atoms with Crippen molar-refractivity contribution in [3.05, 3.63) is 59.2 Å². The summed E-state index contributed by atoms with van der Waals surface area (Å²) in [7, 11) is 1.64. The van der Waals surface area contributed by atoms with Crippen molar-refractivity contribution < 1.29 is 13.5 Å². The number of hydrogen-bond donors (Lipinski definition) is 2. The topological polar surface area (TPSA) is 33.3 Å². The van der Waals surface area contributed by atoms with Crippen LogP contribution in [0.3, 0.4) is 0 Å². The highest BCUT2D eigenvalue weighted by molar-refractivity contribution is 7.80. The third-order valence-electron chi connectivity index (χ3n) is 4.17. The second-order valence-electron chi connectivity index (χ2n) is 5.70. The fourth-order valence-corrected chi connectivity index (χ4v) is 3.24. The molecule has 1 aliphatic rings. The van der Waals surface area contributed by atoms with Gasteiger partial charge in [-0.05, 0) is 66.9 Å². The Kier molecular flexibility index (Phi) is 4.94. The maximum Gasteiger partial charge on any atom is 0.171 e. The molecule has 0 radical (unpaired) electrons. The van der Waals surface area contributed by atoms with E-state index in [2.05, 4.69) is 10.6 Å². The average Bonchev–Trinajstić information content (AvgIpc) is 2.58. The van der Waals surface area contributed by atoms with Crippen molar-refractivity contribution in [3.63, 3.8) is 0 Å². The SMILES string of the molecule is COc1ccc2c(c1)CCC[C@H]2NC(=S)Nc1c(F)cccc1F. The van der Waals surface area contributed by atoms with Gasteiger partial charge in [0.15, 0.2) is 5.11 Å². The van der Waals surface area contributed by atoms with Gasteiger partial charge in [0.25, 0.3) is 0 Å². The molecule has 2 aromatic carbocycles. The monoisotopic (exact) mass is 348 g/mol. The van der Waals surface area contributed by atoms with Gasteiger partial charge in [0.05, 0.1) is 13.2 Å². The van der Waals surface area contributed by atoms with Gasteiger partial charge in [-0.25, -0.2) is 8.78 Å². The molecule has 0 amide bonds. The summed E-state index contributed by atoms with van der Waals surface area (Å²) in [6.45, 7) is 0. The Bertz CT molecular complexity index is 746. The van der Waals surface area contributed by atoms with Gasteiger partial charge in [-0.3, -0.25) is 0 Å². The van der Waals surface area contributed by atoms with Crippen LogP contribution in [0.25, 0.3) is 0 Å². The Hall–Kier alpha value is -2.21. The molecule has 0 spiro atoms. The van der Waals surface area contributed by atoms with E-state index >= 15 is 0 Å². The molecule has 126 valence electrons. The normalized spacial score (nSPS) is 16.2. The van der Waals surface area contributed by atoms with Gasteiger partial charge >= 0.3 is 0 Å². The van der Waals surface area contributed by atoms with Crippen LogP contribution in [0.1, 0.15) is 30.0 Å². The molecule has 0 saturated heterocycles. The predicted octanol–water partition coefficient (Wildman–Crippen LogP) is 4.34. The molecular formula is C18H18F2N2OS. The van der Waals surface area contributed by atoms with Crippen LogP contribution in [-0.2, 0) is 6.42 Å². The third kappa shape index (κ3) is 3.48. The number of methoxy groups -OCH3 is 1. The van der Waals surface area contributed by atoms with Crippen LogP contribution in [0.2, 0.25) is 0 Å². The van der Waals surface area contributed by atoms with Crippen LogP contribution < -0.4 is 15.4 Å². The van der Waals surface area contributed by atoms with Crippen LogP contribution in [0.15, 0.2) is 36.4 Å². The lowest BCUT2D eigenvalue weighted by Crippen LogP contribution is -2.34. The summed E-state index contributed by atoms with van der Waals surface area (Å²) in [5.74, 6) is -0.524. The fraction of sp³-hybridized carbons (Fsp3) is 0.278. The first-order valence-electron chi connectivity index (χ1n) is 7.77. The van der Waals surface area contributed by atoms with Gasteiger partial charge in [-0.2, -0.15) is 0 Å². The lowest BCUT2D eigenvalue weighted by molar-refractivity contribution is 0.412. The highest BCUT2D eigenvalue weighted by atomic mass is 32.1. The van der Waals surface area contributed by atoms with E-state index in [1.807, 2.05) is 18.2 Å². The molecule has 3 nitrogen and oxygen atoms in total. The molecule has 24 heavy (non-hydrogen) atoms. The molecule has 6 heteroatoms. The largest absolute Gasteiger partial charge is 0.497 e. The van der Waals surface area contributed by atoms with Crippen molar-refractivity contribution in [2.24, 2.45) is 0 Å². The maximum absolute atomic E-state index is 13.7. The van der Waals surface area contributed by atoms with Crippen molar-refractivity contribution in [1.29, 1.82) is 0 Å². The van der Waals surface area contributed by atoms with E-state index in [0.29, 0.717) is 0 Å². The zero-order chi connectivity index (χ0) is 17.1. The molecule has 1 aliphatic carbocycles. The van der Waals surface area contributed by atoms with Crippen molar-refractivity contribution in [2.45, 2.75) is 25.3 Å². The number of nitrogens with one attached hydrogen (secondary N) is 2. The van der Waals surface area contributed by atoms with E-state index in [0.717, 1.165) is 30.6 Å². The molecule has 2 N–H and O–H groups in total. The minimum atomic E-state index is -0.673. The molecule has 0 heterocycles. The lowest BCUT2D eigenvalue weighted by Gasteiger charge is -2.28. The Balaban J connectivity index is 1.74. The van der Waals surface area contributed by atoms with Gasteiger partial charge in [-0.1, -0.05) is 12.1 Å². The van der Waals surface area contributed by atoms with Gasteiger partial charge in [0.2, 0.25) is 0 Å². The number of aryl methyl sites for hydroxylation is 1. The lowest BCUT2D eigenvalue weighted by atomic mass is 9.87. The van der Waals surface area contributed by atoms with Crippen molar-refractivity contribution >= 4 is 23.0 Å². The van der Waals surface area contributed by atoms with Gasteiger partial charge < -0.3 is 15.4 Å². The van der Waals surface area contributed by atoms with Crippen LogP contribution in [0, 0.1) is 11.6 Å². The molecule has 3 rings (SSSR count). The van der Waals surface area contributed by atoms with Crippen LogP contribution in [-0.4, -0.2) is 12.2 Å².